The summed E-state index contributed by atoms with van der Waals surface area (Å²) in [6, 6.07) is 0. The smallest absolute Gasteiger partial charge is 0.333 e. The first kappa shape index (κ1) is 22.4. The molecular formula is C16H34O2. The molecule has 0 aromatic carbocycles. The SMILES string of the molecule is C.C.C=C(C)C(=O)OC(C)C1CCCCC1.CC. The van der Waals surface area contributed by atoms with Crippen molar-refractivity contribution in [2.45, 2.75) is 80.8 Å². The van der Waals surface area contributed by atoms with Crippen LogP contribution in [0.2, 0.25) is 0 Å². The van der Waals surface area contributed by atoms with Crippen LogP contribution in [0.5, 0.6) is 0 Å². The van der Waals surface area contributed by atoms with E-state index in [-0.39, 0.29) is 26.9 Å². The first-order chi connectivity index (χ1) is 7.61. The Morgan fingerprint density at radius 2 is 1.61 bits per heavy atom. The molecule has 0 bridgehead atoms. The number of esters is 1. The van der Waals surface area contributed by atoms with Gasteiger partial charge < -0.3 is 4.74 Å². The van der Waals surface area contributed by atoms with Crippen LogP contribution in [-0.4, -0.2) is 12.1 Å². The quantitative estimate of drug-likeness (QED) is 0.502. The largest absolute Gasteiger partial charge is 0.459 e. The van der Waals surface area contributed by atoms with Crippen molar-refractivity contribution in [3.05, 3.63) is 12.2 Å². The molecule has 1 saturated carbocycles. The van der Waals surface area contributed by atoms with E-state index in [4.69, 9.17) is 4.74 Å². The molecule has 0 radical (unpaired) electrons. The fourth-order valence-electron chi connectivity index (χ4n) is 1.97. The third kappa shape index (κ3) is 8.32. The minimum atomic E-state index is -0.247. The van der Waals surface area contributed by atoms with Gasteiger partial charge in [0.25, 0.3) is 0 Å². The van der Waals surface area contributed by atoms with Gasteiger partial charge in [-0.15, -0.1) is 0 Å². The molecule has 0 aromatic heterocycles. The normalized spacial score (nSPS) is 16.0. The zero-order valence-corrected chi connectivity index (χ0v) is 11.2. The maximum Gasteiger partial charge on any atom is 0.333 e. The van der Waals surface area contributed by atoms with Crippen molar-refractivity contribution in [3.8, 4) is 0 Å². The first-order valence-corrected chi connectivity index (χ1v) is 6.47. The number of ether oxygens (including phenoxy) is 1. The summed E-state index contributed by atoms with van der Waals surface area (Å²) >= 11 is 0. The molecule has 1 unspecified atom stereocenters. The van der Waals surface area contributed by atoms with Gasteiger partial charge in [0.15, 0.2) is 0 Å². The number of hydrogen-bond donors (Lipinski definition) is 0. The van der Waals surface area contributed by atoms with Crippen molar-refractivity contribution >= 4 is 5.97 Å². The molecule has 0 saturated heterocycles. The third-order valence-electron chi connectivity index (χ3n) is 2.96. The Labute approximate surface area is 115 Å². The standard InChI is InChI=1S/C12H20O2.C2H6.2CH4/c1-9(2)12(13)14-10(3)11-7-5-4-6-8-11;1-2;;/h10-11H,1,4-8H2,2-3H3;1-2H3;2*1H4. The van der Waals surface area contributed by atoms with Crippen molar-refractivity contribution in [1.29, 1.82) is 0 Å². The zero-order chi connectivity index (χ0) is 12.6. The molecule has 110 valence electrons. The lowest BCUT2D eigenvalue weighted by Crippen LogP contribution is -2.26. The molecule has 18 heavy (non-hydrogen) atoms. The van der Waals surface area contributed by atoms with E-state index in [0.29, 0.717) is 11.5 Å². The van der Waals surface area contributed by atoms with Crippen LogP contribution in [0.4, 0.5) is 0 Å². The van der Waals surface area contributed by atoms with Crippen LogP contribution in [0.3, 0.4) is 0 Å². The molecule has 1 rings (SSSR count). The summed E-state index contributed by atoms with van der Waals surface area (Å²) in [5, 5.41) is 0. The highest BCUT2D eigenvalue weighted by atomic mass is 16.5. The fraction of sp³-hybridized carbons (Fsp3) is 0.812. The van der Waals surface area contributed by atoms with Crippen LogP contribution < -0.4 is 0 Å². The van der Waals surface area contributed by atoms with Crippen LogP contribution in [0.15, 0.2) is 12.2 Å². The Morgan fingerprint density at radius 1 is 1.17 bits per heavy atom. The highest BCUT2D eigenvalue weighted by Gasteiger charge is 2.22. The van der Waals surface area contributed by atoms with E-state index in [1.165, 1.54) is 32.1 Å². The summed E-state index contributed by atoms with van der Waals surface area (Å²) in [5.41, 5.74) is 0.493. The van der Waals surface area contributed by atoms with E-state index in [0.717, 1.165) is 0 Å². The number of rotatable bonds is 3. The van der Waals surface area contributed by atoms with Crippen molar-refractivity contribution in [2.24, 2.45) is 5.92 Å². The molecule has 1 atom stereocenters. The maximum absolute atomic E-state index is 11.3. The van der Waals surface area contributed by atoms with E-state index in [9.17, 15) is 4.79 Å². The Bertz CT molecular complexity index is 215. The minimum absolute atomic E-state index is 0. The van der Waals surface area contributed by atoms with Crippen molar-refractivity contribution in [2.75, 3.05) is 0 Å². The Balaban J connectivity index is -0.000000534. The predicted molar refractivity (Wildman–Crippen MR) is 81.8 cm³/mol. The lowest BCUT2D eigenvalue weighted by molar-refractivity contribution is -0.146. The second-order valence-corrected chi connectivity index (χ2v) is 4.29. The second-order valence-electron chi connectivity index (χ2n) is 4.29. The molecule has 0 aliphatic heterocycles. The number of carbonyl (C=O) groups excluding carboxylic acids is 1. The summed E-state index contributed by atoms with van der Waals surface area (Å²) in [7, 11) is 0. The van der Waals surface area contributed by atoms with Gasteiger partial charge in [-0.3, -0.25) is 0 Å². The van der Waals surface area contributed by atoms with Crippen molar-refractivity contribution in [1.82, 2.24) is 0 Å². The molecule has 0 heterocycles. The molecule has 1 fully saturated rings. The topological polar surface area (TPSA) is 26.3 Å². The van der Waals surface area contributed by atoms with Crippen LogP contribution >= 0.6 is 0 Å². The lowest BCUT2D eigenvalue weighted by Gasteiger charge is -2.27. The van der Waals surface area contributed by atoms with Crippen LogP contribution in [-0.2, 0) is 9.53 Å². The molecule has 0 aromatic rings. The summed E-state index contributed by atoms with van der Waals surface area (Å²) in [4.78, 5) is 11.3. The number of hydrogen-bond acceptors (Lipinski definition) is 2. The molecular weight excluding hydrogens is 224 g/mol. The van der Waals surface area contributed by atoms with E-state index in [2.05, 4.69) is 6.58 Å². The number of carbonyl (C=O) groups is 1. The second kappa shape index (κ2) is 12.7. The zero-order valence-electron chi connectivity index (χ0n) is 11.2. The average molecular weight is 258 g/mol. The first-order valence-electron chi connectivity index (χ1n) is 6.47. The Morgan fingerprint density at radius 3 is 2.00 bits per heavy atom. The van der Waals surface area contributed by atoms with Gasteiger partial charge in [-0.1, -0.05) is 54.5 Å². The predicted octanol–water partition coefficient (Wildman–Crippen LogP) is 5.37. The van der Waals surface area contributed by atoms with Crippen molar-refractivity contribution in [3.63, 3.8) is 0 Å². The van der Waals surface area contributed by atoms with Gasteiger partial charge in [-0.25, -0.2) is 4.79 Å². The minimum Gasteiger partial charge on any atom is -0.459 e. The molecule has 2 nitrogen and oxygen atoms in total. The van der Waals surface area contributed by atoms with E-state index < -0.39 is 0 Å². The monoisotopic (exact) mass is 258 g/mol. The van der Waals surface area contributed by atoms with Crippen LogP contribution in [0.1, 0.15) is 74.7 Å². The average Bonchev–Trinajstić information content (AvgIpc) is 2.32. The highest BCUT2D eigenvalue weighted by Crippen LogP contribution is 2.27. The molecule has 0 amide bonds. The molecule has 1 aliphatic rings. The Kier molecular flexibility index (Phi) is 15.8. The summed E-state index contributed by atoms with van der Waals surface area (Å²) in [6.07, 6.45) is 6.34. The third-order valence-corrected chi connectivity index (χ3v) is 2.96. The van der Waals surface area contributed by atoms with Gasteiger partial charge in [0.05, 0.1) is 0 Å². The highest BCUT2D eigenvalue weighted by molar-refractivity contribution is 5.87. The van der Waals surface area contributed by atoms with Gasteiger partial charge in [0.2, 0.25) is 0 Å². The van der Waals surface area contributed by atoms with Crippen molar-refractivity contribution < 1.29 is 9.53 Å². The van der Waals surface area contributed by atoms with Gasteiger partial charge in [-0.2, -0.15) is 0 Å². The fourth-order valence-corrected chi connectivity index (χ4v) is 1.97. The molecule has 2 heteroatoms. The molecule has 0 N–H and O–H groups in total. The van der Waals surface area contributed by atoms with E-state index >= 15 is 0 Å². The van der Waals surface area contributed by atoms with E-state index in [1.54, 1.807) is 6.92 Å². The summed E-state index contributed by atoms with van der Waals surface area (Å²) < 4.78 is 5.31. The molecule has 1 aliphatic carbocycles. The van der Waals surface area contributed by atoms with Gasteiger partial charge in [0.1, 0.15) is 6.10 Å². The summed E-state index contributed by atoms with van der Waals surface area (Å²) in [5.74, 6) is 0.315. The molecule has 0 spiro atoms. The van der Waals surface area contributed by atoms with Crippen LogP contribution in [0, 0.1) is 5.92 Å². The Hall–Kier alpha value is -0.790. The van der Waals surface area contributed by atoms with Gasteiger partial charge in [0, 0.05) is 5.57 Å². The van der Waals surface area contributed by atoms with Gasteiger partial charge in [-0.05, 0) is 32.6 Å². The lowest BCUT2D eigenvalue weighted by atomic mass is 9.86. The van der Waals surface area contributed by atoms with Gasteiger partial charge >= 0.3 is 5.97 Å². The van der Waals surface area contributed by atoms with Crippen LogP contribution in [0.25, 0.3) is 0 Å². The summed E-state index contributed by atoms with van der Waals surface area (Å²) in [6.45, 7) is 11.3. The maximum atomic E-state index is 11.3. The van der Waals surface area contributed by atoms with E-state index in [1.807, 2.05) is 20.8 Å².